The molecule has 0 fully saturated rings. The molecule has 0 spiro atoms. The monoisotopic (exact) mass is 143 g/mol. The molecule has 0 aliphatic carbocycles. The van der Waals surface area contributed by atoms with Crippen LogP contribution in [0.5, 0.6) is 0 Å². The molecule has 0 N–H and O–H groups in total. The van der Waals surface area contributed by atoms with E-state index in [2.05, 4.69) is 36.6 Å². The van der Waals surface area contributed by atoms with Crippen molar-refractivity contribution in [2.45, 2.75) is 32.5 Å². The fourth-order valence-corrected chi connectivity index (χ4v) is 0.692. The van der Waals surface area contributed by atoms with Crippen LogP contribution in [0.25, 0.3) is 10.4 Å². The van der Waals surface area contributed by atoms with Gasteiger partial charge in [0, 0.05) is 0 Å². The minimum Gasteiger partial charge on any atom is -0.124 e. The predicted octanol–water partition coefficient (Wildman–Crippen LogP) is 2.91. The highest BCUT2D eigenvalue weighted by Gasteiger charge is 2.22. The van der Waals surface area contributed by atoms with Crippen molar-refractivity contribution in [3.63, 3.8) is 0 Å². The van der Waals surface area contributed by atoms with Crippen LogP contribution in [-0.4, -0.2) is 8.24 Å². The lowest BCUT2D eigenvalue weighted by atomic mass is 10.6. The van der Waals surface area contributed by atoms with Crippen molar-refractivity contribution in [3.8, 4) is 0 Å². The lowest BCUT2D eigenvalue weighted by Crippen LogP contribution is -2.25. The second-order valence-electron chi connectivity index (χ2n) is 3.00. The lowest BCUT2D eigenvalue weighted by Gasteiger charge is -2.18. The van der Waals surface area contributed by atoms with Gasteiger partial charge in [0.05, 0.1) is 0 Å². The molecular formula is C5H13N3Si. The molecule has 0 aromatic heterocycles. The molecule has 0 rings (SSSR count). The van der Waals surface area contributed by atoms with E-state index in [1.54, 1.807) is 0 Å². The van der Waals surface area contributed by atoms with Crippen molar-refractivity contribution in [1.29, 1.82) is 0 Å². The largest absolute Gasteiger partial charge is 0.152 e. The van der Waals surface area contributed by atoms with Gasteiger partial charge in [-0.2, -0.15) is 0 Å². The SMILES string of the molecule is CC(C)[Si](C)(C)N=[N+]=[N-]. The van der Waals surface area contributed by atoms with Crippen LogP contribution in [-0.2, 0) is 0 Å². The molecule has 0 aromatic carbocycles. The van der Waals surface area contributed by atoms with E-state index in [4.69, 9.17) is 5.53 Å². The van der Waals surface area contributed by atoms with Gasteiger partial charge >= 0.3 is 0 Å². The summed E-state index contributed by atoms with van der Waals surface area (Å²) in [5.74, 6) is 0. The second-order valence-corrected chi connectivity index (χ2v) is 7.66. The molecule has 52 valence electrons. The Bertz CT molecular complexity index is 135. The summed E-state index contributed by atoms with van der Waals surface area (Å²) < 4.78 is 3.78. The van der Waals surface area contributed by atoms with Gasteiger partial charge in [-0.1, -0.05) is 26.9 Å². The Kier molecular flexibility index (Phi) is 2.74. The molecule has 0 heterocycles. The highest BCUT2D eigenvalue weighted by atomic mass is 28.3. The molecule has 4 heteroatoms. The van der Waals surface area contributed by atoms with Gasteiger partial charge in [-0.25, -0.2) is 0 Å². The highest BCUT2D eigenvalue weighted by Crippen LogP contribution is 2.20. The average Bonchev–Trinajstić information content (AvgIpc) is 1.65. The average molecular weight is 143 g/mol. The Morgan fingerprint density at radius 1 is 1.44 bits per heavy atom. The van der Waals surface area contributed by atoms with Gasteiger partial charge < -0.3 is 0 Å². The van der Waals surface area contributed by atoms with Crippen molar-refractivity contribution in [2.75, 3.05) is 0 Å². The van der Waals surface area contributed by atoms with Crippen LogP contribution >= 0.6 is 0 Å². The van der Waals surface area contributed by atoms with Crippen molar-refractivity contribution in [3.05, 3.63) is 10.4 Å². The smallest absolute Gasteiger partial charge is 0.124 e. The molecule has 0 bridgehead atoms. The predicted molar refractivity (Wildman–Crippen MR) is 41.7 cm³/mol. The van der Waals surface area contributed by atoms with Crippen LogP contribution in [0.2, 0.25) is 18.6 Å². The van der Waals surface area contributed by atoms with Crippen LogP contribution in [0.15, 0.2) is 4.78 Å². The van der Waals surface area contributed by atoms with Crippen LogP contribution in [0.4, 0.5) is 0 Å². The molecule has 0 saturated heterocycles. The molecule has 0 saturated carbocycles. The number of nitrogens with zero attached hydrogens (tertiary/aromatic N) is 3. The quantitative estimate of drug-likeness (QED) is 0.247. The Morgan fingerprint density at radius 2 is 1.89 bits per heavy atom. The minimum absolute atomic E-state index is 0.536. The summed E-state index contributed by atoms with van der Waals surface area (Å²) in [4.78, 5) is 2.82. The Labute approximate surface area is 56.8 Å². The van der Waals surface area contributed by atoms with E-state index in [9.17, 15) is 0 Å². The molecule has 0 radical (unpaired) electrons. The first-order valence-electron chi connectivity index (χ1n) is 3.07. The Balaban J connectivity index is 4.18. The van der Waals surface area contributed by atoms with Crippen LogP contribution in [0.1, 0.15) is 13.8 Å². The maximum atomic E-state index is 8.14. The van der Waals surface area contributed by atoms with Gasteiger partial charge in [-0.3, -0.25) is 0 Å². The standard InChI is InChI=1S/C5H13N3Si/c1-5(2)9(3,4)8-7-6/h5H,1-4H3. The molecular weight excluding hydrogens is 130 g/mol. The Morgan fingerprint density at radius 3 is 2.00 bits per heavy atom. The lowest BCUT2D eigenvalue weighted by molar-refractivity contribution is 0.999. The second kappa shape index (κ2) is 2.89. The third-order valence-electron chi connectivity index (χ3n) is 1.72. The zero-order chi connectivity index (χ0) is 7.49. The third-order valence-corrected chi connectivity index (χ3v) is 5.15. The summed E-state index contributed by atoms with van der Waals surface area (Å²) in [5, 5.41) is 0. The van der Waals surface area contributed by atoms with Crippen molar-refractivity contribution >= 4 is 8.24 Å². The first kappa shape index (κ1) is 8.53. The number of hydrogen-bond acceptors (Lipinski definition) is 1. The van der Waals surface area contributed by atoms with Crippen LogP contribution in [0.3, 0.4) is 0 Å². The molecule has 0 unspecified atom stereocenters. The molecule has 0 aromatic rings. The van der Waals surface area contributed by atoms with Gasteiger partial charge in [0.2, 0.25) is 0 Å². The first-order valence-corrected chi connectivity index (χ1v) is 6.09. The fraction of sp³-hybridized carbons (Fsp3) is 1.00. The zero-order valence-electron chi connectivity index (χ0n) is 6.42. The third kappa shape index (κ3) is 2.53. The summed E-state index contributed by atoms with van der Waals surface area (Å²) in [6, 6.07) is 0. The van der Waals surface area contributed by atoms with Gasteiger partial charge in [-0.05, 0) is 16.0 Å². The van der Waals surface area contributed by atoms with Gasteiger partial charge in [0.15, 0.2) is 8.24 Å². The maximum Gasteiger partial charge on any atom is 0.152 e. The van der Waals surface area contributed by atoms with Crippen LogP contribution < -0.4 is 0 Å². The molecule has 9 heavy (non-hydrogen) atoms. The summed E-state index contributed by atoms with van der Waals surface area (Å²) in [6.45, 7) is 8.33. The summed E-state index contributed by atoms with van der Waals surface area (Å²) >= 11 is 0. The zero-order valence-corrected chi connectivity index (χ0v) is 7.42. The maximum absolute atomic E-state index is 8.14. The molecule has 0 aliphatic rings. The summed E-state index contributed by atoms with van der Waals surface area (Å²) in [6.07, 6.45) is 0. The molecule has 3 nitrogen and oxygen atoms in total. The molecule has 0 amide bonds. The molecule has 0 aliphatic heterocycles. The van der Waals surface area contributed by atoms with E-state index in [1.807, 2.05) is 0 Å². The topological polar surface area (TPSA) is 48.8 Å². The van der Waals surface area contributed by atoms with E-state index < -0.39 is 8.24 Å². The van der Waals surface area contributed by atoms with Gasteiger partial charge in [-0.15, -0.1) is 4.78 Å². The Hall–Kier alpha value is -0.473. The van der Waals surface area contributed by atoms with Crippen molar-refractivity contribution in [2.24, 2.45) is 4.78 Å². The molecule has 0 atom stereocenters. The van der Waals surface area contributed by atoms with Crippen LogP contribution in [0, 0.1) is 0 Å². The number of azide groups is 1. The minimum atomic E-state index is -1.57. The number of hydrogen-bond donors (Lipinski definition) is 0. The highest BCUT2D eigenvalue weighted by molar-refractivity contribution is 6.76. The van der Waals surface area contributed by atoms with E-state index in [1.165, 1.54) is 0 Å². The normalized spacial score (nSPS) is 11.2. The first-order chi connectivity index (χ1) is 4.00. The van der Waals surface area contributed by atoms with E-state index in [0.29, 0.717) is 5.54 Å². The van der Waals surface area contributed by atoms with E-state index in [-0.39, 0.29) is 0 Å². The van der Waals surface area contributed by atoms with Crippen molar-refractivity contribution in [1.82, 2.24) is 0 Å². The van der Waals surface area contributed by atoms with Gasteiger partial charge in [0.25, 0.3) is 0 Å². The summed E-state index contributed by atoms with van der Waals surface area (Å²) in [5.41, 5.74) is 8.68. The van der Waals surface area contributed by atoms with E-state index >= 15 is 0 Å². The van der Waals surface area contributed by atoms with Gasteiger partial charge in [0.1, 0.15) is 0 Å². The van der Waals surface area contributed by atoms with Crippen molar-refractivity contribution < 1.29 is 0 Å². The summed E-state index contributed by atoms with van der Waals surface area (Å²) in [7, 11) is -1.57. The van der Waals surface area contributed by atoms with E-state index in [0.717, 1.165) is 0 Å². The fourth-order valence-electron chi connectivity index (χ4n) is 0.231. The number of rotatable bonds is 2.